The third kappa shape index (κ3) is 5.99. The molecule has 0 saturated carbocycles. The molecule has 1 aliphatic rings. The largest absolute Gasteiger partial charge is 0.506 e. The van der Waals surface area contributed by atoms with Gasteiger partial charge in [-0.1, -0.05) is 67.6 Å². The quantitative estimate of drug-likeness (QED) is 0.111. The summed E-state index contributed by atoms with van der Waals surface area (Å²) >= 11 is 0. The molecule has 1 aliphatic heterocycles. The molecular formula is C34H30O7. The number of carbonyl (C=O) groups is 2. The summed E-state index contributed by atoms with van der Waals surface area (Å²) in [7, 11) is 0. The van der Waals surface area contributed by atoms with E-state index >= 15 is 0 Å². The van der Waals surface area contributed by atoms with Gasteiger partial charge in [0.05, 0.1) is 17.6 Å². The van der Waals surface area contributed by atoms with E-state index in [0.717, 1.165) is 11.1 Å². The lowest BCUT2D eigenvalue weighted by Gasteiger charge is -2.30. The number of aromatic hydroxyl groups is 1. The lowest BCUT2D eigenvalue weighted by atomic mass is 9.90. The number of hydrogen-bond acceptors (Lipinski definition) is 7. The van der Waals surface area contributed by atoms with Gasteiger partial charge in [-0.2, -0.15) is 0 Å². The van der Waals surface area contributed by atoms with Crippen LogP contribution in [0, 0.1) is 5.92 Å². The number of Topliss-reactive ketones (excluding diaryl/α,β-unsaturated/α-hetero) is 1. The minimum atomic E-state index is -0.699. The Morgan fingerprint density at radius 1 is 1.05 bits per heavy atom. The Morgan fingerprint density at radius 3 is 2.44 bits per heavy atom. The predicted molar refractivity (Wildman–Crippen MR) is 158 cm³/mol. The number of rotatable bonds is 8. The van der Waals surface area contributed by atoms with Crippen molar-refractivity contribution in [2.45, 2.75) is 32.8 Å². The molecule has 0 aliphatic carbocycles. The summed E-state index contributed by atoms with van der Waals surface area (Å²) in [5.74, 6) is -1.36. The highest BCUT2D eigenvalue weighted by molar-refractivity contribution is 6.15. The molecule has 0 fully saturated rings. The van der Waals surface area contributed by atoms with Crippen LogP contribution < -0.4 is 10.4 Å². The zero-order chi connectivity index (χ0) is 29.1. The first-order valence-electron chi connectivity index (χ1n) is 13.4. The Morgan fingerprint density at radius 2 is 1.73 bits per heavy atom. The van der Waals surface area contributed by atoms with Gasteiger partial charge < -0.3 is 19.0 Å². The molecule has 3 aromatic carbocycles. The Balaban J connectivity index is 1.49. The van der Waals surface area contributed by atoms with Gasteiger partial charge in [-0.25, -0.2) is 9.59 Å². The van der Waals surface area contributed by atoms with E-state index in [4.69, 9.17) is 13.9 Å². The Labute approximate surface area is 237 Å². The highest BCUT2D eigenvalue weighted by Crippen LogP contribution is 2.48. The Bertz CT molecular complexity index is 1730. The number of phenolic OH excluding ortho intramolecular Hbond substituents is 1. The lowest BCUT2D eigenvalue weighted by molar-refractivity contribution is -0.138. The molecule has 2 heterocycles. The van der Waals surface area contributed by atoms with Crippen molar-refractivity contribution in [1.29, 1.82) is 0 Å². The van der Waals surface area contributed by atoms with Crippen molar-refractivity contribution in [3.63, 3.8) is 0 Å². The van der Waals surface area contributed by atoms with Crippen LogP contribution in [0.1, 0.15) is 48.7 Å². The summed E-state index contributed by atoms with van der Waals surface area (Å²) in [6, 6.07) is 20.0. The summed E-state index contributed by atoms with van der Waals surface area (Å²) in [5.41, 5.74) is 0.938. The monoisotopic (exact) mass is 550 g/mol. The molecule has 1 atom stereocenters. The van der Waals surface area contributed by atoms with Gasteiger partial charge in [0, 0.05) is 24.1 Å². The smallest absolute Gasteiger partial charge is 0.336 e. The molecule has 4 aromatic rings. The summed E-state index contributed by atoms with van der Waals surface area (Å²) in [4.78, 5) is 38.6. The van der Waals surface area contributed by atoms with Crippen molar-refractivity contribution in [2.24, 2.45) is 5.92 Å². The maximum atomic E-state index is 13.7. The van der Waals surface area contributed by atoms with E-state index in [0.29, 0.717) is 22.3 Å². The normalized spacial score (nSPS) is 14.4. The number of fused-ring (bicyclic) bond motifs is 3. The molecule has 41 heavy (non-hydrogen) atoms. The van der Waals surface area contributed by atoms with Gasteiger partial charge in [0.25, 0.3) is 0 Å². The second kappa shape index (κ2) is 11.3. The molecule has 7 heteroatoms. The van der Waals surface area contributed by atoms with Crippen LogP contribution in [-0.4, -0.2) is 29.1 Å². The van der Waals surface area contributed by atoms with Crippen LogP contribution in [-0.2, 0) is 9.53 Å². The minimum Gasteiger partial charge on any atom is -0.506 e. The minimum absolute atomic E-state index is 0.0102. The fourth-order valence-corrected chi connectivity index (χ4v) is 4.80. The van der Waals surface area contributed by atoms with E-state index in [1.165, 1.54) is 12.1 Å². The molecule has 1 aromatic heterocycles. The standard InChI is InChI=1S/C34H30O7/c1-21(20-39-27(36)15-14-22-10-6-4-7-11-22)18-26(35)30-31(38)24-16-17-34(2,3)41-32(24)29-25(19-28(37)40-33(29)30)23-12-8-5-9-13-23/h4-17,19,21,38H,18,20H2,1-3H3/t21-/m0/s1. The van der Waals surface area contributed by atoms with Gasteiger partial charge in [0.2, 0.25) is 0 Å². The third-order valence-corrected chi connectivity index (χ3v) is 6.79. The molecule has 0 bridgehead atoms. The SMILES string of the molecule is C[C@H](COC(=O)C=Cc1ccccc1)CC(=O)c1c(O)c2c(c3c(-c4ccccc4)cc(=O)oc13)OC(C)(C)C=C2. The summed E-state index contributed by atoms with van der Waals surface area (Å²) in [5, 5.41) is 11.8. The van der Waals surface area contributed by atoms with Crippen LogP contribution >= 0.6 is 0 Å². The molecule has 208 valence electrons. The first-order valence-corrected chi connectivity index (χ1v) is 13.4. The molecule has 5 rings (SSSR count). The van der Waals surface area contributed by atoms with Gasteiger partial charge in [-0.3, -0.25) is 4.79 Å². The van der Waals surface area contributed by atoms with Crippen molar-refractivity contribution in [3.05, 3.63) is 106 Å². The van der Waals surface area contributed by atoms with Crippen LogP contribution in [0.5, 0.6) is 11.5 Å². The molecular weight excluding hydrogens is 520 g/mol. The van der Waals surface area contributed by atoms with Gasteiger partial charge >= 0.3 is 11.6 Å². The Kier molecular flexibility index (Phi) is 7.62. The highest BCUT2D eigenvalue weighted by Gasteiger charge is 2.33. The Hall–Kier alpha value is -4.91. The number of ketones is 1. The first-order chi connectivity index (χ1) is 19.6. The molecule has 7 nitrogen and oxygen atoms in total. The highest BCUT2D eigenvalue weighted by atomic mass is 16.5. The summed E-state index contributed by atoms with van der Waals surface area (Å²) < 4.78 is 17.2. The molecule has 0 spiro atoms. The predicted octanol–water partition coefficient (Wildman–Crippen LogP) is 6.82. The average Bonchev–Trinajstić information content (AvgIpc) is 2.95. The second-order valence-corrected chi connectivity index (χ2v) is 10.7. The van der Waals surface area contributed by atoms with E-state index < -0.39 is 23.0 Å². The number of benzene rings is 3. The zero-order valence-electron chi connectivity index (χ0n) is 23.0. The third-order valence-electron chi connectivity index (χ3n) is 6.79. The first kappa shape index (κ1) is 27.6. The van der Waals surface area contributed by atoms with Crippen LogP contribution in [0.25, 0.3) is 34.2 Å². The van der Waals surface area contributed by atoms with Crippen LogP contribution in [0.3, 0.4) is 0 Å². The topological polar surface area (TPSA) is 103 Å². The molecule has 1 N–H and O–H groups in total. The molecule has 0 saturated heterocycles. The maximum absolute atomic E-state index is 13.7. The van der Waals surface area contributed by atoms with Crippen LogP contribution in [0.4, 0.5) is 0 Å². The van der Waals surface area contributed by atoms with E-state index in [1.54, 1.807) is 25.2 Å². The van der Waals surface area contributed by atoms with Gasteiger partial charge in [-0.15, -0.1) is 0 Å². The van der Waals surface area contributed by atoms with Crippen molar-refractivity contribution in [1.82, 2.24) is 0 Å². The summed E-state index contributed by atoms with van der Waals surface area (Å²) in [6.45, 7) is 5.49. The van der Waals surface area contributed by atoms with E-state index in [1.807, 2.05) is 74.5 Å². The van der Waals surface area contributed by atoms with Crippen molar-refractivity contribution in [2.75, 3.05) is 6.61 Å². The molecule has 0 radical (unpaired) electrons. The van der Waals surface area contributed by atoms with Crippen molar-refractivity contribution < 1.29 is 28.6 Å². The van der Waals surface area contributed by atoms with Crippen molar-refractivity contribution in [3.8, 4) is 22.6 Å². The average molecular weight is 551 g/mol. The van der Waals surface area contributed by atoms with E-state index in [-0.39, 0.29) is 35.8 Å². The number of hydrogen-bond donors (Lipinski definition) is 1. The maximum Gasteiger partial charge on any atom is 0.336 e. The lowest BCUT2D eigenvalue weighted by Crippen LogP contribution is -2.28. The van der Waals surface area contributed by atoms with Crippen LogP contribution in [0.2, 0.25) is 0 Å². The van der Waals surface area contributed by atoms with Gasteiger partial charge in [-0.05, 0) is 49.1 Å². The number of carbonyl (C=O) groups excluding carboxylic acids is 2. The molecule has 0 unspecified atom stereocenters. The van der Waals surface area contributed by atoms with Crippen molar-refractivity contribution >= 4 is 34.9 Å². The number of phenols is 1. The fourth-order valence-electron chi connectivity index (χ4n) is 4.80. The van der Waals surface area contributed by atoms with Gasteiger partial charge in [0.1, 0.15) is 22.7 Å². The fraction of sp³-hybridized carbons (Fsp3) is 0.206. The van der Waals surface area contributed by atoms with Crippen LogP contribution in [0.15, 0.2) is 88.1 Å². The second-order valence-electron chi connectivity index (χ2n) is 10.7. The van der Waals surface area contributed by atoms with Gasteiger partial charge in [0.15, 0.2) is 11.4 Å². The number of ether oxygens (including phenoxy) is 2. The van der Waals surface area contributed by atoms with E-state index in [2.05, 4.69) is 0 Å². The number of esters is 1. The zero-order valence-corrected chi connectivity index (χ0v) is 23.0. The van der Waals surface area contributed by atoms with E-state index in [9.17, 15) is 19.5 Å². The molecule has 0 amide bonds. The summed E-state index contributed by atoms with van der Waals surface area (Å²) in [6.07, 6.45) is 6.43.